The molecule has 0 aliphatic rings. The molecule has 1 rings (SSSR count). The SMILES string of the molecule is CCCC(CN)NC(=O)c1cc(C)cc(Br)c1. The number of halogens is 1. The van der Waals surface area contributed by atoms with Crippen molar-refractivity contribution in [2.24, 2.45) is 5.73 Å². The molecule has 0 aliphatic carbocycles. The summed E-state index contributed by atoms with van der Waals surface area (Å²) in [4.78, 5) is 12.0. The van der Waals surface area contributed by atoms with Crippen LogP contribution in [0.5, 0.6) is 0 Å². The first-order valence-electron chi connectivity index (χ1n) is 5.85. The van der Waals surface area contributed by atoms with E-state index >= 15 is 0 Å². The summed E-state index contributed by atoms with van der Waals surface area (Å²) in [7, 11) is 0. The largest absolute Gasteiger partial charge is 0.348 e. The minimum absolute atomic E-state index is 0.0571. The van der Waals surface area contributed by atoms with Crippen molar-refractivity contribution < 1.29 is 4.79 Å². The number of rotatable bonds is 5. The van der Waals surface area contributed by atoms with Crippen molar-refractivity contribution in [3.8, 4) is 0 Å². The third-order valence-electron chi connectivity index (χ3n) is 2.56. The van der Waals surface area contributed by atoms with Crippen LogP contribution < -0.4 is 11.1 Å². The minimum Gasteiger partial charge on any atom is -0.348 e. The van der Waals surface area contributed by atoms with Gasteiger partial charge in [0, 0.05) is 22.6 Å². The van der Waals surface area contributed by atoms with Crippen LogP contribution in [0.1, 0.15) is 35.7 Å². The zero-order valence-electron chi connectivity index (χ0n) is 10.3. The van der Waals surface area contributed by atoms with E-state index in [4.69, 9.17) is 5.73 Å². The maximum Gasteiger partial charge on any atom is 0.251 e. The fourth-order valence-electron chi connectivity index (χ4n) is 1.73. The molecule has 0 spiro atoms. The lowest BCUT2D eigenvalue weighted by atomic mass is 10.1. The molecule has 1 amide bonds. The lowest BCUT2D eigenvalue weighted by Gasteiger charge is -2.16. The maximum atomic E-state index is 12.0. The van der Waals surface area contributed by atoms with Gasteiger partial charge < -0.3 is 11.1 Å². The third-order valence-corrected chi connectivity index (χ3v) is 3.02. The van der Waals surface area contributed by atoms with Crippen LogP contribution in [-0.4, -0.2) is 18.5 Å². The molecule has 3 nitrogen and oxygen atoms in total. The number of carbonyl (C=O) groups is 1. The Hall–Kier alpha value is -0.870. The zero-order chi connectivity index (χ0) is 12.8. The average Bonchev–Trinajstić information content (AvgIpc) is 2.27. The highest BCUT2D eigenvalue weighted by molar-refractivity contribution is 9.10. The molecule has 0 aromatic heterocycles. The van der Waals surface area contributed by atoms with Gasteiger partial charge in [-0.25, -0.2) is 0 Å². The summed E-state index contributed by atoms with van der Waals surface area (Å²) in [5.74, 6) is -0.0571. The van der Waals surface area contributed by atoms with E-state index in [-0.39, 0.29) is 11.9 Å². The van der Waals surface area contributed by atoms with E-state index in [1.807, 2.05) is 25.1 Å². The molecule has 1 aromatic rings. The second kappa shape index (κ2) is 6.77. The van der Waals surface area contributed by atoms with Crippen molar-refractivity contribution in [1.82, 2.24) is 5.32 Å². The Morgan fingerprint density at radius 1 is 1.47 bits per heavy atom. The molecular formula is C13H19BrN2O. The first kappa shape index (κ1) is 14.2. The molecule has 17 heavy (non-hydrogen) atoms. The molecule has 0 saturated heterocycles. The second-order valence-corrected chi connectivity index (χ2v) is 5.13. The Labute approximate surface area is 111 Å². The van der Waals surface area contributed by atoms with Crippen molar-refractivity contribution in [1.29, 1.82) is 0 Å². The molecule has 94 valence electrons. The number of nitrogens with one attached hydrogen (secondary N) is 1. The zero-order valence-corrected chi connectivity index (χ0v) is 11.9. The van der Waals surface area contributed by atoms with E-state index < -0.39 is 0 Å². The van der Waals surface area contributed by atoms with Gasteiger partial charge in [-0.2, -0.15) is 0 Å². The van der Waals surface area contributed by atoms with Crippen molar-refractivity contribution in [3.05, 3.63) is 33.8 Å². The fraction of sp³-hybridized carbons (Fsp3) is 0.462. The van der Waals surface area contributed by atoms with Gasteiger partial charge >= 0.3 is 0 Å². The van der Waals surface area contributed by atoms with Crippen LogP contribution in [0.3, 0.4) is 0 Å². The molecule has 1 aromatic carbocycles. The van der Waals surface area contributed by atoms with E-state index in [9.17, 15) is 4.79 Å². The Kier molecular flexibility index (Phi) is 5.65. The minimum atomic E-state index is -0.0571. The maximum absolute atomic E-state index is 12.0. The quantitative estimate of drug-likeness (QED) is 0.878. The number of carbonyl (C=O) groups excluding carboxylic acids is 1. The fourth-order valence-corrected chi connectivity index (χ4v) is 2.34. The van der Waals surface area contributed by atoms with E-state index in [1.54, 1.807) is 0 Å². The highest BCUT2D eigenvalue weighted by atomic mass is 79.9. The molecular weight excluding hydrogens is 280 g/mol. The average molecular weight is 299 g/mol. The predicted molar refractivity (Wildman–Crippen MR) is 74.1 cm³/mol. The van der Waals surface area contributed by atoms with Gasteiger partial charge in [0.05, 0.1) is 0 Å². The number of benzene rings is 1. The van der Waals surface area contributed by atoms with E-state index in [0.717, 1.165) is 22.9 Å². The number of hydrogen-bond acceptors (Lipinski definition) is 2. The number of nitrogens with two attached hydrogens (primary N) is 1. The van der Waals surface area contributed by atoms with Crippen molar-refractivity contribution in [2.45, 2.75) is 32.7 Å². The number of hydrogen-bond donors (Lipinski definition) is 2. The van der Waals surface area contributed by atoms with E-state index in [0.29, 0.717) is 12.1 Å². The van der Waals surface area contributed by atoms with Crippen molar-refractivity contribution >= 4 is 21.8 Å². The molecule has 1 unspecified atom stereocenters. The van der Waals surface area contributed by atoms with Gasteiger partial charge in [0.15, 0.2) is 0 Å². The van der Waals surface area contributed by atoms with Gasteiger partial charge in [-0.15, -0.1) is 0 Å². The smallest absolute Gasteiger partial charge is 0.251 e. The van der Waals surface area contributed by atoms with Crippen LogP contribution in [-0.2, 0) is 0 Å². The van der Waals surface area contributed by atoms with E-state index in [2.05, 4.69) is 28.2 Å². The molecule has 1 atom stereocenters. The van der Waals surface area contributed by atoms with Crippen LogP contribution in [0.15, 0.2) is 22.7 Å². The summed E-state index contributed by atoms with van der Waals surface area (Å²) in [6.07, 6.45) is 1.93. The Morgan fingerprint density at radius 3 is 2.71 bits per heavy atom. The summed E-state index contributed by atoms with van der Waals surface area (Å²) in [5.41, 5.74) is 7.35. The monoisotopic (exact) mass is 298 g/mol. The van der Waals surface area contributed by atoms with Gasteiger partial charge in [-0.05, 0) is 37.1 Å². The van der Waals surface area contributed by atoms with Gasteiger partial charge in [0.2, 0.25) is 0 Å². The molecule has 0 heterocycles. The van der Waals surface area contributed by atoms with Crippen LogP contribution in [0.2, 0.25) is 0 Å². The van der Waals surface area contributed by atoms with Crippen molar-refractivity contribution in [3.63, 3.8) is 0 Å². The van der Waals surface area contributed by atoms with Gasteiger partial charge in [0.1, 0.15) is 0 Å². The summed E-state index contributed by atoms with van der Waals surface area (Å²) in [6.45, 7) is 4.53. The normalized spacial score (nSPS) is 12.2. The highest BCUT2D eigenvalue weighted by Crippen LogP contribution is 2.15. The highest BCUT2D eigenvalue weighted by Gasteiger charge is 2.12. The Morgan fingerprint density at radius 2 is 2.18 bits per heavy atom. The van der Waals surface area contributed by atoms with Crippen LogP contribution in [0, 0.1) is 6.92 Å². The second-order valence-electron chi connectivity index (χ2n) is 4.21. The van der Waals surface area contributed by atoms with Gasteiger partial charge in [-0.3, -0.25) is 4.79 Å². The van der Waals surface area contributed by atoms with Crippen LogP contribution in [0.25, 0.3) is 0 Å². The molecule has 0 bridgehead atoms. The summed E-state index contributed by atoms with van der Waals surface area (Å²) >= 11 is 3.39. The lowest BCUT2D eigenvalue weighted by Crippen LogP contribution is -2.40. The molecule has 3 N–H and O–H groups in total. The predicted octanol–water partition coefficient (Wildman–Crippen LogP) is 2.61. The topological polar surface area (TPSA) is 55.1 Å². The van der Waals surface area contributed by atoms with Crippen LogP contribution in [0.4, 0.5) is 0 Å². The first-order chi connectivity index (χ1) is 8.06. The van der Waals surface area contributed by atoms with Gasteiger partial charge in [-0.1, -0.05) is 29.3 Å². The number of amides is 1. The lowest BCUT2D eigenvalue weighted by molar-refractivity contribution is 0.0936. The molecule has 0 aliphatic heterocycles. The Bertz CT molecular complexity index is 373. The van der Waals surface area contributed by atoms with E-state index in [1.165, 1.54) is 0 Å². The van der Waals surface area contributed by atoms with Crippen LogP contribution >= 0.6 is 15.9 Å². The summed E-state index contributed by atoms with van der Waals surface area (Å²) in [6, 6.07) is 5.73. The third kappa shape index (κ3) is 4.48. The summed E-state index contributed by atoms with van der Waals surface area (Å²) < 4.78 is 0.919. The molecule has 4 heteroatoms. The molecule has 0 fully saturated rings. The van der Waals surface area contributed by atoms with Gasteiger partial charge in [0.25, 0.3) is 5.91 Å². The molecule has 0 radical (unpaired) electrons. The molecule has 0 saturated carbocycles. The Balaban J connectivity index is 2.75. The number of aryl methyl sites for hydroxylation is 1. The first-order valence-corrected chi connectivity index (χ1v) is 6.64. The summed E-state index contributed by atoms with van der Waals surface area (Å²) in [5, 5.41) is 2.95. The standard InChI is InChI=1S/C13H19BrN2O/c1-3-4-12(8-15)16-13(17)10-5-9(2)6-11(14)7-10/h5-7,12H,3-4,8,15H2,1-2H3,(H,16,17). The van der Waals surface area contributed by atoms with Crippen molar-refractivity contribution in [2.75, 3.05) is 6.54 Å².